The minimum absolute atomic E-state index is 0.137. The lowest BCUT2D eigenvalue weighted by atomic mass is 10.1. The first kappa shape index (κ1) is 11.5. The second-order valence-electron chi connectivity index (χ2n) is 3.03. The van der Waals surface area contributed by atoms with Gasteiger partial charge in [0, 0.05) is 17.3 Å². The Labute approximate surface area is 91.5 Å². The topological polar surface area (TPSA) is 63.3 Å². The van der Waals surface area contributed by atoms with Gasteiger partial charge >= 0.3 is 5.97 Å². The highest BCUT2D eigenvalue weighted by Crippen LogP contribution is 2.29. The minimum atomic E-state index is -0.783. The summed E-state index contributed by atoms with van der Waals surface area (Å²) in [4.78, 5) is 11.2. The van der Waals surface area contributed by atoms with Crippen LogP contribution in [0, 0.1) is 0 Å². The lowest BCUT2D eigenvalue weighted by Gasteiger charge is -2.08. The van der Waals surface area contributed by atoms with Gasteiger partial charge in [-0.05, 0) is 24.3 Å². The summed E-state index contributed by atoms with van der Waals surface area (Å²) in [6.45, 7) is 0. The molecule has 0 aliphatic rings. The van der Waals surface area contributed by atoms with Crippen molar-refractivity contribution >= 4 is 28.9 Å². The van der Waals surface area contributed by atoms with E-state index in [0.717, 1.165) is 4.88 Å². The van der Waals surface area contributed by atoms with E-state index >= 15 is 0 Å². The van der Waals surface area contributed by atoms with Crippen molar-refractivity contribution in [1.29, 1.82) is 0 Å². The Morgan fingerprint density at radius 2 is 2.43 bits per heavy atom. The highest BCUT2D eigenvalue weighted by atomic mass is 35.5. The first-order valence-corrected chi connectivity index (χ1v) is 5.57. The highest BCUT2D eigenvalue weighted by molar-refractivity contribution is 7.10. The number of carbonyl (C=O) groups is 1. The van der Waals surface area contributed by atoms with Crippen LogP contribution in [0.15, 0.2) is 11.4 Å². The molecule has 0 aliphatic heterocycles. The largest absolute Gasteiger partial charge is 0.481 e. The van der Waals surface area contributed by atoms with Crippen molar-refractivity contribution in [2.75, 3.05) is 0 Å². The van der Waals surface area contributed by atoms with E-state index in [-0.39, 0.29) is 12.5 Å². The number of carboxylic acid groups (broad SMARTS) is 1. The van der Waals surface area contributed by atoms with Crippen molar-refractivity contribution in [2.45, 2.75) is 25.3 Å². The van der Waals surface area contributed by atoms with Crippen molar-refractivity contribution in [2.24, 2.45) is 5.73 Å². The zero-order chi connectivity index (χ0) is 10.6. The molecule has 0 aliphatic carbocycles. The maximum absolute atomic E-state index is 10.3. The van der Waals surface area contributed by atoms with Crippen LogP contribution < -0.4 is 5.73 Å². The van der Waals surface area contributed by atoms with Gasteiger partial charge in [0.15, 0.2) is 0 Å². The molecule has 0 fully saturated rings. The summed E-state index contributed by atoms with van der Waals surface area (Å²) in [6, 6.07) is 1.67. The fraction of sp³-hybridized carbons (Fsp3) is 0.444. The highest BCUT2D eigenvalue weighted by Gasteiger charge is 2.11. The molecule has 0 saturated heterocycles. The van der Waals surface area contributed by atoms with Crippen LogP contribution in [0.25, 0.3) is 0 Å². The molecule has 1 heterocycles. The molecule has 3 nitrogen and oxygen atoms in total. The van der Waals surface area contributed by atoms with Gasteiger partial charge in [-0.25, -0.2) is 0 Å². The van der Waals surface area contributed by atoms with Crippen molar-refractivity contribution in [3.8, 4) is 0 Å². The Balaban J connectivity index is 2.39. The maximum Gasteiger partial charge on any atom is 0.303 e. The molecular weight excluding hydrogens is 222 g/mol. The van der Waals surface area contributed by atoms with E-state index in [2.05, 4.69) is 0 Å². The van der Waals surface area contributed by atoms with Gasteiger partial charge in [0.1, 0.15) is 0 Å². The summed E-state index contributed by atoms with van der Waals surface area (Å²) >= 11 is 7.40. The number of hydrogen-bond donors (Lipinski definition) is 2. The van der Waals surface area contributed by atoms with Gasteiger partial charge < -0.3 is 10.8 Å². The summed E-state index contributed by atoms with van der Waals surface area (Å²) in [7, 11) is 0. The first-order chi connectivity index (χ1) is 6.61. The monoisotopic (exact) mass is 233 g/mol. The van der Waals surface area contributed by atoms with Crippen LogP contribution >= 0.6 is 22.9 Å². The molecule has 1 aromatic rings. The third-order valence-electron chi connectivity index (χ3n) is 1.89. The van der Waals surface area contributed by atoms with Crippen molar-refractivity contribution in [3.63, 3.8) is 0 Å². The molecule has 1 atom stereocenters. The Hall–Kier alpha value is -0.580. The summed E-state index contributed by atoms with van der Waals surface area (Å²) < 4.78 is 0. The Morgan fingerprint density at radius 1 is 1.71 bits per heavy atom. The molecule has 0 radical (unpaired) electrons. The van der Waals surface area contributed by atoms with Crippen molar-refractivity contribution in [3.05, 3.63) is 21.3 Å². The molecule has 14 heavy (non-hydrogen) atoms. The van der Waals surface area contributed by atoms with E-state index in [0.29, 0.717) is 17.9 Å². The second-order valence-corrected chi connectivity index (χ2v) is 4.38. The number of carboxylic acids is 1. The molecule has 3 N–H and O–H groups in total. The lowest BCUT2D eigenvalue weighted by molar-refractivity contribution is -0.137. The standard InChI is InChI=1S/C9H12ClNO2S/c10-6-4-5-14-9(6)7(11)2-1-3-8(12)13/h4-5,7H,1-3,11H2,(H,12,13). The molecule has 0 bridgehead atoms. The smallest absolute Gasteiger partial charge is 0.303 e. The molecule has 1 unspecified atom stereocenters. The number of hydrogen-bond acceptors (Lipinski definition) is 3. The van der Waals surface area contributed by atoms with Gasteiger partial charge in [-0.3, -0.25) is 4.79 Å². The molecule has 1 rings (SSSR count). The van der Waals surface area contributed by atoms with Gasteiger partial charge in [-0.15, -0.1) is 11.3 Å². The molecule has 0 saturated carbocycles. The first-order valence-electron chi connectivity index (χ1n) is 4.31. The summed E-state index contributed by atoms with van der Waals surface area (Å²) in [5, 5.41) is 11.0. The molecule has 1 aromatic heterocycles. The SMILES string of the molecule is NC(CCCC(=O)O)c1sccc1Cl. The van der Waals surface area contributed by atoms with Crippen LogP contribution in [0.1, 0.15) is 30.2 Å². The summed E-state index contributed by atoms with van der Waals surface area (Å²) in [5.41, 5.74) is 5.86. The third-order valence-corrected chi connectivity index (χ3v) is 3.38. The third kappa shape index (κ3) is 3.29. The number of aliphatic carboxylic acids is 1. The van der Waals surface area contributed by atoms with Crippen molar-refractivity contribution in [1.82, 2.24) is 0 Å². The van der Waals surface area contributed by atoms with Crippen LogP contribution in [0.5, 0.6) is 0 Å². The van der Waals surface area contributed by atoms with Crippen LogP contribution in [0.2, 0.25) is 5.02 Å². The molecule has 0 aromatic carbocycles. The number of halogens is 1. The number of rotatable bonds is 5. The molecule has 0 amide bonds. The van der Waals surface area contributed by atoms with Gasteiger partial charge in [0.2, 0.25) is 0 Å². The van der Waals surface area contributed by atoms with Crippen LogP contribution in [-0.4, -0.2) is 11.1 Å². The molecule has 5 heteroatoms. The van der Waals surface area contributed by atoms with Crippen LogP contribution in [0.3, 0.4) is 0 Å². The van der Waals surface area contributed by atoms with Gasteiger partial charge in [0.05, 0.1) is 5.02 Å². The zero-order valence-corrected chi connectivity index (χ0v) is 9.14. The fourth-order valence-corrected chi connectivity index (χ4v) is 2.41. The van der Waals surface area contributed by atoms with Crippen LogP contribution in [-0.2, 0) is 4.79 Å². The predicted molar refractivity (Wildman–Crippen MR) is 57.7 cm³/mol. The average molecular weight is 234 g/mol. The summed E-state index contributed by atoms with van der Waals surface area (Å²) in [5.74, 6) is -0.783. The van der Waals surface area contributed by atoms with E-state index in [9.17, 15) is 4.79 Å². The second kappa shape index (κ2) is 5.34. The van der Waals surface area contributed by atoms with Crippen molar-refractivity contribution < 1.29 is 9.90 Å². The van der Waals surface area contributed by atoms with E-state index in [1.165, 1.54) is 11.3 Å². The average Bonchev–Trinajstić information content (AvgIpc) is 2.50. The predicted octanol–water partition coefficient (Wildman–Crippen LogP) is 2.66. The Bertz CT molecular complexity index is 314. The van der Waals surface area contributed by atoms with Gasteiger partial charge in [-0.2, -0.15) is 0 Å². The summed E-state index contributed by atoms with van der Waals surface area (Å²) in [6.07, 6.45) is 1.41. The number of nitrogens with two attached hydrogens (primary N) is 1. The quantitative estimate of drug-likeness (QED) is 0.822. The normalized spacial score (nSPS) is 12.7. The van der Waals surface area contributed by atoms with Gasteiger partial charge in [-0.1, -0.05) is 11.6 Å². The Morgan fingerprint density at radius 3 is 2.93 bits per heavy atom. The Kier molecular flexibility index (Phi) is 4.38. The molecule has 78 valence electrons. The van der Waals surface area contributed by atoms with E-state index in [4.69, 9.17) is 22.4 Å². The lowest BCUT2D eigenvalue weighted by Crippen LogP contribution is -2.09. The maximum atomic E-state index is 10.3. The molecular formula is C9H12ClNO2S. The van der Waals surface area contributed by atoms with E-state index < -0.39 is 5.97 Å². The number of thiophene rings is 1. The fourth-order valence-electron chi connectivity index (χ4n) is 1.17. The molecule has 0 spiro atoms. The van der Waals surface area contributed by atoms with E-state index in [1.807, 2.05) is 5.38 Å². The van der Waals surface area contributed by atoms with E-state index in [1.54, 1.807) is 6.07 Å². The van der Waals surface area contributed by atoms with Crippen LogP contribution in [0.4, 0.5) is 0 Å². The minimum Gasteiger partial charge on any atom is -0.481 e. The zero-order valence-electron chi connectivity index (χ0n) is 7.57. The van der Waals surface area contributed by atoms with Gasteiger partial charge in [0.25, 0.3) is 0 Å².